The van der Waals surface area contributed by atoms with Gasteiger partial charge in [0.1, 0.15) is 10.8 Å². The second-order valence-electron chi connectivity index (χ2n) is 4.46. The molecule has 1 aliphatic carbocycles. The number of thiazole rings is 1. The van der Waals surface area contributed by atoms with Gasteiger partial charge in [0.25, 0.3) is 0 Å². The van der Waals surface area contributed by atoms with Crippen molar-refractivity contribution in [1.82, 2.24) is 4.98 Å². The highest BCUT2D eigenvalue weighted by Crippen LogP contribution is 2.45. The SMILES string of the molecule is COc1ccccc1-c1nc(C2CC2)c(CO)s1. The molecule has 1 heterocycles. The van der Waals surface area contributed by atoms with Crippen molar-refractivity contribution in [3.8, 4) is 16.3 Å². The van der Waals surface area contributed by atoms with Crippen molar-refractivity contribution >= 4 is 11.3 Å². The molecule has 1 aliphatic rings. The Labute approximate surface area is 110 Å². The lowest BCUT2D eigenvalue weighted by molar-refractivity contribution is 0.284. The Morgan fingerprint density at radius 2 is 2.17 bits per heavy atom. The number of methoxy groups -OCH3 is 1. The Morgan fingerprint density at radius 3 is 2.83 bits per heavy atom. The second kappa shape index (κ2) is 4.71. The van der Waals surface area contributed by atoms with Crippen molar-refractivity contribution in [2.75, 3.05) is 7.11 Å². The minimum atomic E-state index is 0.0820. The van der Waals surface area contributed by atoms with Gasteiger partial charge in [0.15, 0.2) is 0 Å². The van der Waals surface area contributed by atoms with Crippen molar-refractivity contribution in [2.24, 2.45) is 0 Å². The molecule has 0 spiro atoms. The Morgan fingerprint density at radius 1 is 1.39 bits per heavy atom. The number of hydrogen-bond donors (Lipinski definition) is 1. The van der Waals surface area contributed by atoms with Gasteiger partial charge in [-0.3, -0.25) is 0 Å². The zero-order valence-electron chi connectivity index (χ0n) is 10.2. The van der Waals surface area contributed by atoms with Crippen LogP contribution in [0.3, 0.4) is 0 Å². The standard InChI is InChI=1S/C14H15NO2S/c1-17-11-5-3-2-4-10(11)14-15-13(9-6-7-9)12(8-16)18-14/h2-5,9,16H,6-8H2,1H3. The number of benzene rings is 1. The van der Waals surface area contributed by atoms with E-state index in [0.29, 0.717) is 5.92 Å². The average Bonchev–Trinajstić information content (AvgIpc) is 3.18. The molecule has 3 nitrogen and oxygen atoms in total. The van der Waals surface area contributed by atoms with E-state index in [2.05, 4.69) is 0 Å². The summed E-state index contributed by atoms with van der Waals surface area (Å²) in [7, 11) is 1.67. The lowest BCUT2D eigenvalue weighted by Crippen LogP contribution is -1.88. The van der Waals surface area contributed by atoms with E-state index < -0.39 is 0 Å². The predicted octanol–water partition coefficient (Wildman–Crippen LogP) is 3.19. The molecule has 94 valence electrons. The van der Waals surface area contributed by atoms with E-state index in [4.69, 9.17) is 9.72 Å². The largest absolute Gasteiger partial charge is 0.496 e. The van der Waals surface area contributed by atoms with Crippen LogP contribution in [0.15, 0.2) is 24.3 Å². The molecule has 0 aliphatic heterocycles. The van der Waals surface area contributed by atoms with Crippen LogP contribution in [0.5, 0.6) is 5.75 Å². The third kappa shape index (κ3) is 2.02. The quantitative estimate of drug-likeness (QED) is 0.919. The van der Waals surface area contributed by atoms with Crippen molar-refractivity contribution < 1.29 is 9.84 Å². The van der Waals surface area contributed by atoms with Crippen molar-refractivity contribution in [1.29, 1.82) is 0 Å². The summed E-state index contributed by atoms with van der Waals surface area (Å²) in [5.41, 5.74) is 2.09. The van der Waals surface area contributed by atoms with Crippen LogP contribution >= 0.6 is 11.3 Å². The Balaban J connectivity index is 2.05. The van der Waals surface area contributed by atoms with Gasteiger partial charge in [0.05, 0.1) is 29.9 Å². The fourth-order valence-corrected chi connectivity index (χ4v) is 3.13. The van der Waals surface area contributed by atoms with Crippen LogP contribution < -0.4 is 4.74 Å². The second-order valence-corrected chi connectivity index (χ2v) is 5.54. The van der Waals surface area contributed by atoms with Gasteiger partial charge >= 0.3 is 0 Å². The first kappa shape index (κ1) is 11.7. The smallest absolute Gasteiger partial charge is 0.129 e. The topological polar surface area (TPSA) is 42.4 Å². The Kier molecular flexibility index (Phi) is 3.06. The van der Waals surface area contributed by atoms with Crippen LogP contribution in [0.2, 0.25) is 0 Å². The van der Waals surface area contributed by atoms with Gasteiger partial charge in [-0.25, -0.2) is 4.98 Å². The molecule has 0 saturated heterocycles. The normalized spacial score (nSPS) is 14.8. The van der Waals surface area contributed by atoms with Crippen LogP contribution in [-0.2, 0) is 6.61 Å². The average molecular weight is 261 g/mol. The molecule has 0 unspecified atom stereocenters. The van der Waals surface area contributed by atoms with E-state index in [-0.39, 0.29) is 6.61 Å². The number of ether oxygens (including phenoxy) is 1. The maximum absolute atomic E-state index is 9.42. The summed E-state index contributed by atoms with van der Waals surface area (Å²) in [5.74, 6) is 1.39. The third-order valence-electron chi connectivity index (χ3n) is 3.17. The lowest BCUT2D eigenvalue weighted by Gasteiger charge is -2.04. The molecule has 0 amide bonds. The van der Waals surface area contributed by atoms with Gasteiger partial charge in [-0.1, -0.05) is 12.1 Å². The first-order chi connectivity index (χ1) is 8.83. The molecule has 2 aromatic rings. The Bertz CT molecular complexity index is 561. The van der Waals surface area contributed by atoms with Crippen LogP contribution in [0.1, 0.15) is 29.3 Å². The Hall–Kier alpha value is -1.39. The first-order valence-corrected chi connectivity index (χ1v) is 6.89. The summed E-state index contributed by atoms with van der Waals surface area (Å²) in [6, 6.07) is 7.88. The lowest BCUT2D eigenvalue weighted by atomic mass is 10.2. The summed E-state index contributed by atoms with van der Waals surface area (Å²) in [5, 5.41) is 10.4. The molecule has 1 saturated carbocycles. The number of nitrogens with zero attached hydrogens (tertiary/aromatic N) is 1. The number of rotatable bonds is 4. The molecule has 1 N–H and O–H groups in total. The van der Waals surface area contributed by atoms with Gasteiger partial charge in [-0.2, -0.15) is 0 Å². The van der Waals surface area contributed by atoms with Crippen LogP contribution in [0.25, 0.3) is 10.6 Å². The molecular formula is C14H15NO2S. The summed E-state index contributed by atoms with van der Waals surface area (Å²) in [6.07, 6.45) is 2.39. The fraction of sp³-hybridized carbons (Fsp3) is 0.357. The summed E-state index contributed by atoms with van der Waals surface area (Å²) < 4.78 is 5.36. The number of aliphatic hydroxyl groups is 1. The van der Waals surface area contributed by atoms with E-state index in [1.807, 2.05) is 24.3 Å². The van der Waals surface area contributed by atoms with Gasteiger partial charge in [0.2, 0.25) is 0 Å². The van der Waals surface area contributed by atoms with Gasteiger partial charge in [0, 0.05) is 5.92 Å². The fourth-order valence-electron chi connectivity index (χ4n) is 2.09. The number of aromatic nitrogens is 1. The molecule has 18 heavy (non-hydrogen) atoms. The van der Waals surface area contributed by atoms with E-state index in [1.54, 1.807) is 18.4 Å². The van der Waals surface area contributed by atoms with Gasteiger partial charge in [-0.05, 0) is 25.0 Å². The van der Waals surface area contributed by atoms with E-state index in [9.17, 15) is 5.11 Å². The first-order valence-electron chi connectivity index (χ1n) is 6.07. The van der Waals surface area contributed by atoms with Crippen molar-refractivity contribution in [2.45, 2.75) is 25.4 Å². The van der Waals surface area contributed by atoms with E-state index in [0.717, 1.165) is 26.9 Å². The van der Waals surface area contributed by atoms with Crippen LogP contribution in [0.4, 0.5) is 0 Å². The highest BCUT2D eigenvalue weighted by atomic mass is 32.1. The van der Waals surface area contributed by atoms with Crippen molar-refractivity contribution in [3.05, 3.63) is 34.8 Å². The highest BCUT2D eigenvalue weighted by molar-refractivity contribution is 7.15. The van der Waals surface area contributed by atoms with E-state index in [1.165, 1.54) is 12.8 Å². The van der Waals surface area contributed by atoms with E-state index >= 15 is 0 Å². The van der Waals surface area contributed by atoms with Crippen LogP contribution in [-0.4, -0.2) is 17.2 Å². The van der Waals surface area contributed by atoms with Gasteiger partial charge in [-0.15, -0.1) is 11.3 Å². The molecule has 0 radical (unpaired) electrons. The number of para-hydroxylation sites is 1. The predicted molar refractivity (Wildman–Crippen MR) is 72.0 cm³/mol. The molecule has 0 atom stereocenters. The highest BCUT2D eigenvalue weighted by Gasteiger charge is 2.29. The minimum Gasteiger partial charge on any atom is -0.496 e. The van der Waals surface area contributed by atoms with Gasteiger partial charge < -0.3 is 9.84 Å². The molecular weight excluding hydrogens is 246 g/mol. The maximum atomic E-state index is 9.42. The molecule has 1 aromatic carbocycles. The van der Waals surface area contributed by atoms with Crippen LogP contribution in [0, 0.1) is 0 Å². The summed E-state index contributed by atoms with van der Waals surface area (Å²) in [4.78, 5) is 5.70. The molecule has 4 heteroatoms. The third-order valence-corrected chi connectivity index (χ3v) is 4.26. The van der Waals surface area contributed by atoms with Crippen molar-refractivity contribution in [3.63, 3.8) is 0 Å². The molecule has 0 bridgehead atoms. The molecule has 1 fully saturated rings. The summed E-state index contributed by atoms with van der Waals surface area (Å²) >= 11 is 1.57. The monoisotopic (exact) mass is 261 g/mol. The zero-order chi connectivity index (χ0) is 12.5. The maximum Gasteiger partial charge on any atom is 0.129 e. The molecule has 3 rings (SSSR count). The summed E-state index contributed by atoms with van der Waals surface area (Å²) in [6.45, 7) is 0.0820. The molecule has 1 aromatic heterocycles. The number of aliphatic hydroxyl groups excluding tert-OH is 1. The zero-order valence-corrected chi connectivity index (χ0v) is 11.0. The number of hydrogen-bond acceptors (Lipinski definition) is 4. The minimum absolute atomic E-state index is 0.0820.